The number of nitrogens with one attached hydrogen (secondary N) is 1. The molecule has 1 aromatic rings. The van der Waals surface area contributed by atoms with Crippen molar-refractivity contribution < 1.29 is 19.0 Å². The molecule has 0 amide bonds. The van der Waals surface area contributed by atoms with Crippen molar-refractivity contribution in [2.75, 3.05) is 26.4 Å². The van der Waals surface area contributed by atoms with E-state index in [0.717, 1.165) is 0 Å². The van der Waals surface area contributed by atoms with Crippen molar-refractivity contribution in [1.82, 2.24) is 9.55 Å². The number of aromatic nitrogens is 2. The number of aromatic amines is 1. The van der Waals surface area contributed by atoms with Crippen LogP contribution in [0.4, 0.5) is 0 Å². The van der Waals surface area contributed by atoms with E-state index in [9.17, 15) is 14.7 Å². The molecule has 0 bridgehead atoms. The predicted molar refractivity (Wildman–Crippen MR) is 99.8 cm³/mol. The van der Waals surface area contributed by atoms with Crippen molar-refractivity contribution in [3.8, 4) is 0 Å². The molecule has 2 N–H and O–H groups in total. The first-order chi connectivity index (χ1) is 12.0. The minimum absolute atomic E-state index is 0.0183. The average molecular weight is 387 g/mol. The van der Waals surface area contributed by atoms with Crippen LogP contribution in [0.2, 0.25) is 18.1 Å². The molecule has 1 saturated heterocycles. The van der Waals surface area contributed by atoms with Gasteiger partial charge >= 0.3 is 5.69 Å². The first-order valence-corrected chi connectivity index (χ1v) is 11.7. The van der Waals surface area contributed by atoms with E-state index in [1.165, 1.54) is 16.8 Å². The molecule has 2 atom stereocenters. The molecular formula is C17H30N2O6Si. The van der Waals surface area contributed by atoms with E-state index < -0.39 is 31.4 Å². The normalized spacial score (nSPS) is 25.1. The Hall–Kier alpha value is -1.26. The van der Waals surface area contributed by atoms with Gasteiger partial charge in [-0.05, 0) is 18.1 Å². The number of nitrogens with zero attached hydrogens (tertiary/aromatic N) is 1. The van der Waals surface area contributed by atoms with Crippen LogP contribution in [-0.2, 0) is 13.9 Å². The van der Waals surface area contributed by atoms with Gasteiger partial charge in [-0.25, -0.2) is 4.79 Å². The summed E-state index contributed by atoms with van der Waals surface area (Å²) in [5.41, 5.74) is -2.08. The highest BCUT2D eigenvalue weighted by Crippen LogP contribution is 2.37. The van der Waals surface area contributed by atoms with Crippen LogP contribution < -0.4 is 11.2 Å². The summed E-state index contributed by atoms with van der Waals surface area (Å²) in [6, 6.07) is 1.27. The van der Waals surface area contributed by atoms with E-state index >= 15 is 0 Å². The topological polar surface area (TPSA) is 103 Å². The Morgan fingerprint density at radius 3 is 2.69 bits per heavy atom. The fourth-order valence-corrected chi connectivity index (χ4v) is 3.46. The first-order valence-electron chi connectivity index (χ1n) is 8.82. The van der Waals surface area contributed by atoms with Crippen molar-refractivity contribution >= 4 is 8.32 Å². The van der Waals surface area contributed by atoms with Crippen molar-refractivity contribution in [2.45, 2.75) is 57.2 Å². The number of aliphatic hydroxyl groups excluding tert-OH is 1. The lowest BCUT2D eigenvalue weighted by molar-refractivity contribution is -0.169. The molecule has 1 aliphatic rings. The van der Waals surface area contributed by atoms with Gasteiger partial charge in [0.05, 0.1) is 26.4 Å². The number of ether oxygens (including phenoxy) is 2. The fraction of sp³-hybridized carbons (Fsp3) is 0.765. The maximum atomic E-state index is 12.1. The van der Waals surface area contributed by atoms with Gasteiger partial charge in [-0.3, -0.25) is 14.3 Å². The lowest BCUT2D eigenvalue weighted by atomic mass is 10.1. The second kappa shape index (κ2) is 7.77. The number of aliphatic hydroxyl groups is 1. The minimum Gasteiger partial charge on any atom is -0.414 e. The monoisotopic (exact) mass is 386 g/mol. The van der Waals surface area contributed by atoms with Crippen molar-refractivity contribution in [3.05, 3.63) is 33.1 Å². The standard InChI is InChI=1S/C17H30N2O6Si/c1-16(2,3)26(4,5)24-12-17(10-20)11-23-9-7-14(25-17)19-8-6-13(21)18-15(19)22/h6,8,14,20H,7,9-12H2,1-5H3,(H,18,21,22)/t14-,17+/m1/s1. The van der Waals surface area contributed by atoms with Gasteiger partial charge < -0.3 is 19.0 Å². The summed E-state index contributed by atoms with van der Waals surface area (Å²) >= 11 is 0. The molecule has 2 rings (SSSR count). The van der Waals surface area contributed by atoms with Gasteiger partial charge in [0.25, 0.3) is 5.56 Å². The average Bonchev–Trinajstić information content (AvgIpc) is 2.75. The van der Waals surface area contributed by atoms with Crippen molar-refractivity contribution in [3.63, 3.8) is 0 Å². The largest absolute Gasteiger partial charge is 0.414 e. The summed E-state index contributed by atoms with van der Waals surface area (Å²) in [6.45, 7) is 11.1. The third-order valence-electron chi connectivity index (χ3n) is 5.21. The molecule has 0 radical (unpaired) electrons. The van der Waals surface area contributed by atoms with Crippen molar-refractivity contribution in [2.24, 2.45) is 0 Å². The Kier molecular flexibility index (Phi) is 6.29. The molecule has 1 aliphatic heterocycles. The lowest BCUT2D eigenvalue weighted by Crippen LogP contribution is -2.52. The highest BCUT2D eigenvalue weighted by Gasteiger charge is 2.43. The van der Waals surface area contributed by atoms with Gasteiger partial charge in [0.2, 0.25) is 0 Å². The first kappa shape index (κ1) is 21.0. The van der Waals surface area contributed by atoms with E-state index in [-0.39, 0.29) is 24.9 Å². The van der Waals surface area contributed by atoms with Gasteiger partial charge in [0, 0.05) is 18.7 Å². The molecule has 26 heavy (non-hydrogen) atoms. The zero-order valence-corrected chi connectivity index (χ0v) is 17.2. The summed E-state index contributed by atoms with van der Waals surface area (Å²) in [7, 11) is -2.05. The van der Waals surface area contributed by atoms with Gasteiger partial charge in [-0.1, -0.05) is 20.8 Å². The maximum absolute atomic E-state index is 12.1. The molecule has 0 aliphatic carbocycles. The Balaban J connectivity index is 2.24. The van der Waals surface area contributed by atoms with Crippen LogP contribution in [0.5, 0.6) is 0 Å². The molecule has 0 aromatic carbocycles. The molecule has 148 valence electrons. The van der Waals surface area contributed by atoms with E-state index in [1.807, 2.05) is 0 Å². The van der Waals surface area contributed by atoms with Crippen molar-refractivity contribution in [1.29, 1.82) is 0 Å². The highest BCUT2D eigenvalue weighted by atomic mass is 28.4. The highest BCUT2D eigenvalue weighted by molar-refractivity contribution is 6.74. The second-order valence-electron chi connectivity index (χ2n) is 8.32. The number of rotatable bonds is 5. The van der Waals surface area contributed by atoms with Gasteiger partial charge in [0.1, 0.15) is 11.8 Å². The van der Waals surface area contributed by atoms with Crippen LogP contribution in [0.25, 0.3) is 0 Å². The van der Waals surface area contributed by atoms with Crippen LogP contribution in [-0.4, -0.2) is 55.0 Å². The molecule has 1 aromatic heterocycles. The van der Waals surface area contributed by atoms with Crippen LogP contribution in [0.3, 0.4) is 0 Å². The van der Waals surface area contributed by atoms with Crippen LogP contribution in [0.1, 0.15) is 33.4 Å². The maximum Gasteiger partial charge on any atom is 0.330 e. The zero-order valence-electron chi connectivity index (χ0n) is 16.2. The molecule has 0 saturated carbocycles. The summed E-state index contributed by atoms with van der Waals surface area (Å²) in [4.78, 5) is 25.6. The third-order valence-corrected chi connectivity index (χ3v) is 9.69. The van der Waals surface area contributed by atoms with Gasteiger partial charge in [-0.15, -0.1) is 0 Å². The zero-order chi connectivity index (χ0) is 19.6. The smallest absolute Gasteiger partial charge is 0.330 e. The predicted octanol–water partition coefficient (Wildman–Crippen LogP) is 1.22. The molecule has 9 heteroatoms. The summed E-state index contributed by atoms with van der Waals surface area (Å²) < 4.78 is 19.3. The minimum atomic E-state index is -2.05. The number of hydrogen-bond donors (Lipinski definition) is 2. The molecule has 0 spiro atoms. The van der Waals surface area contributed by atoms with E-state index in [1.54, 1.807) is 0 Å². The molecule has 8 nitrogen and oxygen atoms in total. The van der Waals surface area contributed by atoms with Gasteiger partial charge in [0.15, 0.2) is 8.32 Å². The SMILES string of the molecule is CC(C)(C)[Si](C)(C)OC[C@]1(CO)COCC[C@H](n2ccc(=O)[nH]c2=O)O1. The Morgan fingerprint density at radius 1 is 1.42 bits per heavy atom. The summed E-state index contributed by atoms with van der Waals surface area (Å²) in [5, 5.41) is 10.0. The fourth-order valence-electron chi connectivity index (χ4n) is 2.41. The van der Waals surface area contributed by atoms with E-state index in [2.05, 4.69) is 38.8 Å². The van der Waals surface area contributed by atoms with E-state index in [4.69, 9.17) is 13.9 Å². The lowest BCUT2D eigenvalue weighted by Gasteiger charge is -2.40. The Labute approximate surface area is 154 Å². The number of hydrogen-bond acceptors (Lipinski definition) is 6. The molecule has 1 fully saturated rings. The second-order valence-corrected chi connectivity index (χ2v) is 13.1. The van der Waals surface area contributed by atoms with E-state index in [0.29, 0.717) is 13.0 Å². The Morgan fingerprint density at radius 2 is 2.12 bits per heavy atom. The quantitative estimate of drug-likeness (QED) is 0.738. The van der Waals surface area contributed by atoms with Crippen LogP contribution in [0.15, 0.2) is 21.9 Å². The summed E-state index contributed by atoms with van der Waals surface area (Å²) in [6.07, 6.45) is 1.17. The molecule has 2 heterocycles. The van der Waals surface area contributed by atoms with Crippen LogP contribution >= 0.6 is 0 Å². The number of H-pyrrole nitrogens is 1. The Bertz CT molecular complexity index is 723. The van der Waals surface area contributed by atoms with Gasteiger partial charge in [-0.2, -0.15) is 0 Å². The van der Waals surface area contributed by atoms with Crippen LogP contribution in [0, 0.1) is 0 Å². The molecule has 0 unspecified atom stereocenters. The molecular weight excluding hydrogens is 356 g/mol. The summed E-state index contributed by atoms with van der Waals surface area (Å²) in [5.74, 6) is 0. The third kappa shape index (κ3) is 4.71.